The molecule has 7 nitrogen and oxygen atoms in total. The van der Waals surface area contributed by atoms with E-state index in [0.717, 1.165) is 0 Å². The summed E-state index contributed by atoms with van der Waals surface area (Å²) in [7, 11) is 0. The molecule has 2 atom stereocenters. The molecule has 1 aromatic carbocycles. The number of fused-ring (bicyclic) bond motifs is 1. The number of carbonyl (C=O) groups excluding carboxylic acids is 2. The average molecular weight is 412 g/mol. The van der Waals surface area contributed by atoms with Gasteiger partial charge in [0.25, 0.3) is 5.91 Å². The van der Waals surface area contributed by atoms with Crippen LogP contribution >= 0.6 is 11.6 Å². The van der Waals surface area contributed by atoms with E-state index in [4.69, 9.17) is 16.3 Å². The van der Waals surface area contributed by atoms with Crippen molar-refractivity contribution in [3.05, 3.63) is 70.6 Å². The lowest BCUT2D eigenvalue weighted by atomic mass is 9.99. The molecule has 1 amide bonds. The third-order valence-corrected chi connectivity index (χ3v) is 5.03. The van der Waals surface area contributed by atoms with E-state index >= 15 is 0 Å². The monoisotopic (exact) mass is 411 g/mol. The van der Waals surface area contributed by atoms with E-state index in [0.29, 0.717) is 35.1 Å². The van der Waals surface area contributed by atoms with Gasteiger partial charge in [0, 0.05) is 29.3 Å². The number of amides is 1. The molecule has 1 fully saturated rings. The Morgan fingerprint density at radius 2 is 2.03 bits per heavy atom. The topological polar surface area (TPSA) is 101 Å². The number of hydrogen-bond donors (Lipinski definition) is 2. The molecule has 148 valence electrons. The van der Waals surface area contributed by atoms with Gasteiger partial charge in [0.05, 0.1) is 24.3 Å². The van der Waals surface area contributed by atoms with Gasteiger partial charge in [-0.25, -0.2) is 9.97 Å². The number of para-hydroxylation sites is 1. The third-order valence-electron chi connectivity index (χ3n) is 4.82. The SMILES string of the molecule is O=C(NC1CCOCC1O)c1cc(C(=O)c2ccnc(Cl)c2)c2ccccc2n1. The first-order valence-electron chi connectivity index (χ1n) is 9.15. The molecule has 8 heteroatoms. The third kappa shape index (κ3) is 4.12. The molecule has 0 aliphatic carbocycles. The number of nitrogens with zero attached hydrogens (tertiary/aromatic N) is 2. The summed E-state index contributed by atoms with van der Waals surface area (Å²) >= 11 is 5.92. The first-order chi connectivity index (χ1) is 14.0. The molecule has 29 heavy (non-hydrogen) atoms. The molecule has 1 aliphatic heterocycles. The summed E-state index contributed by atoms with van der Waals surface area (Å²) in [6.07, 6.45) is 1.18. The summed E-state index contributed by atoms with van der Waals surface area (Å²) < 4.78 is 5.19. The second-order valence-corrected chi connectivity index (χ2v) is 7.17. The maximum absolute atomic E-state index is 13.1. The number of rotatable bonds is 4. The molecule has 2 unspecified atom stereocenters. The molecular formula is C21H18ClN3O4. The molecule has 3 heterocycles. The number of nitrogens with one attached hydrogen (secondary N) is 1. The summed E-state index contributed by atoms with van der Waals surface area (Å²) in [6, 6.07) is 11.2. The Morgan fingerprint density at radius 3 is 2.83 bits per heavy atom. The van der Waals surface area contributed by atoms with Crippen LogP contribution in [0.4, 0.5) is 0 Å². The smallest absolute Gasteiger partial charge is 0.270 e. The molecule has 1 saturated heterocycles. The van der Waals surface area contributed by atoms with Crippen LogP contribution in [0.2, 0.25) is 5.15 Å². The van der Waals surface area contributed by atoms with Crippen molar-refractivity contribution in [2.75, 3.05) is 13.2 Å². The predicted molar refractivity (Wildman–Crippen MR) is 107 cm³/mol. The summed E-state index contributed by atoms with van der Waals surface area (Å²) in [4.78, 5) is 34.2. The van der Waals surface area contributed by atoms with Gasteiger partial charge in [0.15, 0.2) is 5.78 Å². The zero-order valence-corrected chi connectivity index (χ0v) is 16.1. The molecular weight excluding hydrogens is 394 g/mol. The second kappa shape index (κ2) is 8.24. The van der Waals surface area contributed by atoms with Gasteiger partial charge in [-0.2, -0.15) is 0 Å². The van der Waals surface area contributed by atoms with Crippen molar-refractivity contribution in [1.29, 1.82) is 0 Å². The number of pyridine rings is 2. The Balaban J connectivity index is 1.72. The normalized spacial score (nSPS) is 19.1. The number of aliphatic hydroxyl groups excluding tert-OH is 1. The van der Waals surface area contributed by atoms with Crippen LogP contribution in [0.5, 0.6) is 0 Å². The maximum atomic E-state index is 13.1. The van der Waals surface area contributed by atoms with Crippen LogP contribution in [0.1, 0.15) is 32.8 Å². The molecule has 0 bridgehead atoms. The van der Waals surface area contributed by atoms with Crippen molar-refractivity contribution in [3.63, 3.8) is 0 Å². The van der Waals surface area contributed by atoms with E-state index in [1.807, 2.05) is 0 Å². The number of aliphatic hydroxyl groups is 1. The van der Waals surface area contributed by atoms with Crippen LogP contribution in [0.25, 0.3) is 10.9 Å². The molecule has 3 aromatic rings. The fraction of sp³-hybridized carbons (Fsp3) is 0.238. The summed E-state index contributed by atoms with van der Waals surface area (Å²) in [5.41, 5.74) is 1.34. The van der Waals surface area contributed by atoms with E-state index in [-0.39, 0.29) is 23.2 Å². The Bertz CT molecular complexity index is 1090. The first kappa shape index (κ1) is 19.4. The summed E-state index contributed by atoms with van der Waals surface area (Å²) in [5.74, 6) is -0.739. The minimum Gasteiger partial charge on any atom is -0.389 e. The minimum atomic E-state index is -0.784. The fourth-order valence-corrected chi connectivity index (χ4v) is 3.49. The second-order valence-electron chi connectivity index (χ2n) is 6.78. The minimum absolute atomic E-state index is 0.103. The Morgan fingerprint density at radius 1 is 1.21 bits per heavy atom. The van der Waals surface area contributed by atoms with E-state index in [2.05, 4.69) is 15.3 Å². The highest BCUT2D eigenvalue weighted by Crippen LogP contribution is 2.22. The van der Waals surface area contributed by atoms with Crippen molar-refractivity contribution in [2.24, 2.45) is 0 Å². The standard InChI is InChI=1S/C21H18ClN3O4/c22-19-9-12(5-7-23-19)20(27)14-10-17(24-15-4-2-1-3-13(14)15)21(28)25-16-6-8-29-11-18(16)26/h1-5,7,9-10,16,18,26H,6,8,11H2,(H,25,28). The quantitative estimate of drug-likeness (QED) is 0.505. The highest BCUT2D eigenvalue weighted by Gasteiger charge is 2.26. The van der Waals surface area contributed by atoms with Gasteiger partial charge in [-0.1, -0.05) is 29.8 Å². The van der Waals surface area contributed by atoms with E-state index < -0.39 is 18.1 Å². The number of benzene rings is 1. The molecule has 2 aromatic heterocycles. The average Bonchev–Trinajstić information content (AvgIpc) is 2.74. The lowest BCUT2D eigenvalue weighted by Gasteiger charge is -2.28. The zero-order valence-electron chi connectivity index (χ0n) is 15.3. The number of hydrogen-bond acceptors (Lipinski definition) is 6. The van der Waals surface area contributed by atoms with Crippen LogP contribution in [0.3, 0.4) is 0 Å². The van der Waals surface area contributed by atoms with Crippen LogP contribution in [0.15, 0.2) is 48.7 Å². The highest BCUT2D eigenvalue weighted by atomic mass is 35.5. The summed E-state index contributed by atoms with van der Waals surface area (Å²) in [5, 5.41) is 13.7. The van der Waals surface area contributed by atoms with Crippen LogP contribution in [-0.2, 0) is 4.74 Å². The lowest BCUT2D eigenvalue weighted by Crippen LogP contribution is -2.48. The van der Waals surface area contributed by atoms with Gasteiger partial charge < -0.3 is 15.2 Å². The van der Waals surface area contributed by atoms with Gasteiger partial charge in [-0.3, -0.25) is 9.59 Å². The lowest BCUT2D eigenvalue weighted by molar-refractivity contribution is -0.0261. The highest BCUT2D eigenvalue weighted by molar-refractivity contribution is 6.30. The first-order valence-corrected chi connectivity index (χ1v) is 9.53. The molecule has 0 radical (unpaired) electrons. The number of ether oxygens (including phenoxy) is 1. The van der Waals surface area contributed by atoms with Crippen molar-refractivity contribution in [3.8, 4) is 0 Å². The molecule has 0 saturated carbocycles. The number of ketones is 1. The number of aromatic nitrogens is 2. The maximum Gasteiger partial charge on any atom is 0.270 e. The predicted octanol–water partition coefficient (Wildman–Crippen LogP) is 2.39. The van der Waals surface area contributed by atoms with Crippen LogP contribution in [-0.4, -0.2) is 52.1 Å². The fourth-order valence-electron chi connectivity index (χ4n) is 3.31. The molecule has 1 aliphatic rings. The number of carbonyl (C=O) groups is 2. The van der Waals surface area contributed by atoms with Gasteiger partial charge >= 0.3 is 0 Å². The van der Waals surface area contributed by atoms with Gasteiger partial charge in [0.1, 0.15) is 10.8 Å². The van der Waals surface area contributed by atoms with E-state index in [1.165, 1.54) is 18.3 Å². The zero-order chi connectivity index (χ0) is 20.4. The Labute approximate surface area is 171 Å². The Kier molecular flexibility index (Phi) is 5.53. The number of halogens is 1. The molecule has 2 N–H and O–H groups in total. The molecule has 0 spiro atoms. The van der Waals surface area contributed by atoms with Gasteiger partial charge in [0.2, 0.25) is 0 Å². The van der Waals surface area contributed by atoms with Crippen molar-refractivity contribution < 1.29 is 19.4 Å². The largest absolute Gasteiger partial charge is 0.389 e. The van der Waals surface area contributed by atoms with Crippen LogP contribution < -0.4 is 5.32 Å². The van der Waals surface area contributed by atoms with Crippen molar-refractivity contribution in [1.82, 2.24) is 15.3 Å². The summed E-state index contributed by atoms with van der Waals surface area (Å²) in [6.45, 7) is 0.627. The van der Waals surface area contributed by atoms with Gasteiger partial charge in [-0.15, -0.1) is 0 Å². The van der Waals surface area contributed by atoms with E-state index in [1.54, 1.807) is 30.3 Å². The van der Waals surface area contributed by atoms with Crippen molar-refractivity contribution in [2.45, 2.75) is 18.6 Å². The molecule has 4 rings (SSSR count). The van der Waals surface area contributed by atoms with Gasteiger partial charge in [-0.05, 0) is 30.7 Å². The van der Waals surface area contributed by atoms with Crippen molar-refractivity contribution >= 4 is 34.2 Å². The van der Waals surface area contributed by atoms with E-state index in [9.17, 15) is 14.7 Å². The van der Waals surface area contributed by atoms with Crippen LogP contribution in [0, 0.1) is 0 Å². The Hall–Kier alpha value is -2.87.